The molecule has 2 N–H and O–H groups in total. The Hall–Kier alpha value is -1.76. The monoisotopic (exact) mass is 379 g/mol. The number of hydrogen-bond donors (Lipinski definition) is 1. The maximum atomic E-state index is 6.09. The third-order valence-corrected chi connectivity index (χ3v) is 3.71. The summed E-state index contributed by atoms with van der Waals surface area (Å²) in [6, 6.07) is 14.0. The van der Waals surface area contributed by atoms with Crippen LogP contribution in [0.4, 0.5) is 5.95 Å². The molecule has 0 saturated carbocycles. The molecule has 0 atom stereocenters. The summed E-state index contributed by atoms with van der Waals surface area (Å²) < 4.78 is 8.71. The highest BCUT2D eigenvalue weighted by Gasteiger charge is 2.13. The lowest BCUT2D eigenvalue weighted by molar-refractivity contribution is 0.344. The molecule has 5 heteroatoms. The van der Waals surface area contributed by atoms with Crippen molar-refractivity contribution in [2.24, 2.45) is 0 Å². The van der Waals surface area contributed by atoms with Gasteiger partial charge < -0.3 is 10.5 Å². The van der Waals surface area contributed by atoms with Crippen LogP contribution in [0, 0.1) is 3.57 Å². The first kappa shape index (κ1) is 13.2. The Labute approximate surface area is 130 Å². The predicted octanol–water partition coefficient (Wildman–Crippen LogP) is 3.61. The van der Waals surface area contributed by atoms with Crippen LogP contribution in [-0.2, 0) is 0 Å². The number of para-hydroxylation sites is 1. The number of nitrogens with two attached hydrogens (primary N) is 1. The summed E-state index contributed by atoms with van der Waals surface area (Å²) in [6.07, 6.45) is 0. The van der Waals surface area contributed by atoms with Crippen LogP contribution in [0.5, 0.6) is 5.75 Å². The van der Waals surface area contributed by atoms with Crippen LogP contribution in [-0.4, -0.2) is 16.2 Å². The van der Waals surface area contributed by atoms with Crippen LogP contribution in [0.1, 0.15) is 6.92 Å². The van der Waals surface area contributed by atoms with Crippen molar-refractivity contribution in [3.05, 3.63) is 46.0 Å². The van der Waals surface area contributed by atoms with E-state index < -0.39 is 0 Å². The van der Waals surface area contributed by atoms with Gasteiger partial charge in [0.15, 0.2) is 0 Å². The first-order valence-corrected chi connectivity index (χ1v) is 7.44. The fraction of sp³-hybridized carbons (Fsp3) is 0.133. The molecular formula is C15H14IN3O. The van der Waals surface area contributed by atoms with Crippen molar-refractivity contribution in [3.8, 4) is 11.4 Å². The normalized spacial score (nSPS) is 10.9. The Kier molecular flexibility index (Phi) is 3.52. The molecule has 0 aliphatic heterocycles. The summed E-state index contributed by atoms with van der Waals surface area (Å²) in [5, 5.41) is 0. The number of fused-ring (bicyclic) bond motifs is 1. The van der Waals surface area contributed by atoms with Crippen LogP contribution in [0.3, 0.4) is 0 Å². The molecule has 0 unspecified atom stereocenters. The maximum Gasteiger partial charge on any atom is 0.206 e. The number of aromatic nitrogens is 2. The molecule has 3 aromatic rings. The summed E-state index contributed by atoms with van der Waals surface area (Å²) in [5.41, 5.74) is 8.85. The number of nitrogens with zero attached hydrogens (tertiary/aromatic N) is 2. The summed E-state index contributed by atoms with van der Waals surface area (Å²) in [6.45, 7) is 2.56. The molecular weight excluding hydrogens is 365 g/mol. The van der Waals surface area contributed by atoms with Gasteiger partial charge in [-0.3, -0.25) is 4.57 Å². The Morgan fingerprint density at radius 3 is 2.80 bits per heavy atom. The van der Waals surface area contributed by atoms with Crippen molar-refractivity contribution in [1.82, 2.24) is 9.55 Å². The minimum Gasteiger partial charge on any atom is -0.492 e. The van der Waals surface area contributed by atoms with Gasteiger partial charge in [0.2, 0.25) is 5.95 Å². The maximum absolute atomic E-state index is 6.09. The molecule has 1 heterocycles. The lowest BCUT2D eigenvalue weighted by atomic mass is 10.2. The van der Waals surface area contributed by atoms with Crippen molar-refractivity contribution < 1.29 is 4.74 Å². The molecule has 0 spiro atoms. The van der Waals surface area contributed by atoms with E-state index in [0.717, 1.165) is 26.0 Å². The molecule has 1 aromatic heterocycles. The summed E-state index contributed by atoms with van der Waals surface area (Å²) in [4.78, 5) is 4.45. The average Bonchev–Trinajstić information content (AvgIpc) is 2.76. The Bertz CT molecular complexity index is 767. The van der Waals surface area contributed by atoms with Gasteiger partial charge in [0.05, 0.1) is 17.8 Å². The molecule has 2 aromatic carbocycles. The van der Waals surface area contributed by atoms with Crippen LogP contribution < -0.4 is 10.5 Å². The van der Waals surface area contributed by atoms with Gasteiger partial charge in [0.1, 0.15) is 11.3 Å². The Morgan fingerprint density at radius 2 is 2.05 bits per heavy atom. The molecule has 0 amide bonds. The molecule has 3 rings (SSSR count). The SMILES string of the molecule is CCOc1cccc2c1nc(N)n2-c1cccc(I)c1. The Morgan fingerprint density at radius 1 is 1.25 bits per heavy atom. The van der Waals surface area contributed by atoms with Crippen molar-refractivity contribution in [2.75, 3.05) is 12.3 Å². The van der Waals surface area contributed by atoms with Crippen molar-refractivity contribution in [3.63, 3.8) is 0 Å². The number of ether oxygens (including phenoxy) is 1. The first-order valence-electron chi connectivity index (χ1n) is 6.36. The predicted molar refractivity (Wildman–Crippen MR) is 89.4 cm³/mol. The van der Waals surface area contributed by atoms with E-state index in [-0.39, 0.29) is 0 Å². The molecule has 0 fully saturated rings. The van der Waals surface area contributed by atoms with Gasteiger partial charge in [0, 0.05) is 3.57 Å². The molecule has 0 saturated heterocycles. The van der Waals surface area contributed by atoms with E-state index in [0.29, 0.717) is 12.6 Å². The lowest BCUT2D eigenvalue weighted by Crippen LogP contribution is -2.00. The van der Waals surface area contributed by atoms with E-state index in [1.807, 2.05) is 47.9 Å². The van der Waals surface area contributed by atoms with Crippen LogP contribution in [0.25, 0.3) is 16.7 Å². The van der Waals surface area contributed by atoms with E-state index in [4.69, 9.17) is 10.5 Å². The van der Waals surface area contributed by atoms with Gasteiger partial charge in [-0.2, -0.15) is 0 Å². The van der Waals surface area contributed by atoms with E-state index in [9.17, 15) is 0 Å². The second-order valence-electron chi connectivity index (χ2n) is 4.34. The molecule has 0 aliphatic carbocycles. The fourth-order valence-corrected chi connectivity index (χ4v) is 2.78. The molecule has 0 radical (unpaired) electrons. The van der Waals surface area contributed by atoms with Crippen molar-refractivity contribution >= 4 is 39.6 Å². The number of rotatable bonds is 3. The molecule has 0 aliphatic rings. The number of imidazole rings is 1. The summed E-state index contributed by atoms with van der Waals surface area (Å²) in [7, 11) is 0. The van der Waals surface area contributed by atoms with Crippen molar-refractivity contribution in [1.29, 1.82) is 0 Å². The topological polar surface area (TPSA) is 53.1 Å². The zero-order chi connectivity index (χ0) is 14.1. The summed E-state index contributed by atoms with van der Waals surface area (Å²) >= 11 is 2.29. The second-order valence-corrected chi connectivity index (χ2v) is 5.59. The number of anilines is 1. The highest BCUT2D eigenvalue weighted by atomic mass is 127. The third kappa shape index (κ3) is 2.22. The molecule has 20 heavy (non-hydrogen) atoms. The van der Waals surface area contributed by atoms with Gasteiger partial charge >= 0.3 is 0 Å². The second kappa shape index (κ2) is 5.32. The number of hydrogen-bond acceptors (Lipinski definition) is 3. The minimum absolute atomic E-state index is 0.467. The van der Waals surface area contributed by atoms with E-state index >= 15 is 0 Å². The number of halogens is 1. The largest absolute Gasteiger partial charge is 0.492 e. The highest BCUT2D eigenvalue weighted by Crippen LogP contribution is 2.30. The van der Waals surface area contributed by atoms with Gasteiger partial charge in [-0.05, 0) is 59.8 Å². The van der Waals surface area contributed by atoms with E-state index in [1.54, 1.807) is 0 Å². The van der Waals surface area contributed by atoms with Crippen molar-refractivity contribution in [2.45, 2.75) is 6.92 Å². The lowest BCUT2D eigenvalue weighted by Gasteiger charge is -2.07. The third-order valence-electron chi connectivity index (χ3n) is 3.04. The van der Waals surface area contributed by atoms with Gasteiger partial charge in [-0.15, -0.1) is 0 Å². The summed E-state index contributed by atoms with van der Waals surface area (Å²) in [5.74, 6) is 1.23. The van der Waals surface area contributed by atoms with E-state index in [1.165, 1.54) is 0 Å². The standard InChI is InChI=1S/C15H14IN3O/c1-2-20-13-8-4-7-12-14(13)18-15(17)19(12)11-6-3-5-10(16)9-11/h3-9H,2H2,1H3,(H2,17,18). The zero-order valence-electron chi connectivity index (χ0n) is 11.0. The quantitative estimate of drug-likeness (QED) is 0.708. The Balaban J connectivity index is 2.26. The molecule has 4 nitrogen and oxygen atoms in total. The van der Waals surface area contributed by atoms with E-state index in [2.05, 4.69) is 33.6 Å². The van der Waals surface area contributed by atoms with Gasteiger partial charge in [-0.25, -0.2) is 4.98 Å². The first-order chi connectivity index (χ1) is 9.70. The van der Waals surface area contributed by atoms with Gasteiger partial charge in [-0.1, -0.05) is 12.1 Å². The van der Waals surface area contributed by atoms with Crippen LogP contribution in [0.2, 0.25) is 0 Å². The molecule has 0 bridgehead atoms. The smallest absolute Gasteiger partial charge is 0.206 e. The average molecular weight is 379 g/mol. The van der Waals surface area contributed by atoms with Gasteiger partial charge in [0.25, 0.3) is 0 Å². The minimum atomic E-state index is 0.467. The van der Waals surface area contributed by atoms with Crippen LogP contribution in [0.15, 0.2) is 42.5 Å². The zero-order valence-corrected chi connectivity index (χ0v) is 13.2. The number of benzene rings is 2. The number of nitrogen functional groups attached to an aromatic ring is 1. The highest BCUT2D eigenvalue weighted by molar-refractivity contribution is 14.1. The molecule has 102 valence electrons. The fourth-order valence-electron chi connectivity index (χ4n) is 2.25. The van der Waals surface area contributed by atoms with Crippen LogP contribution >= 0.6 is 22.6 Å².